The van der Waals surface area contributed by atoms with Crippen LogP contribution in [0.3, 0.4) is 0 Å². The molecule has 3 atom stereocenters. The number of aliphatic hydroxyl groups excluding tert-OH is 2. The van der Waals surface area contributed by atoms with Crippen LogP contribution in [0.4, 0.5) is 0 Å². The summed E-state index contributed by atoms with van der Waals surface area (Å²) in [5.74, 6) is 0.633. The van der Waals surface area contributed by atoms with Crippen LogP contribution in [0, 0.1) is 13.8 Å². The van der Waals surface area contributed by atoms with Gasteiger partial charge in [-0.15, -0.1) is 0 Å². The van der Waals surface area contributed by atoms with Gasteiger partial charge >= 0.3 is 5.69 Å². The fourth-order valence-electron chi connectivity index (χ4n) is 3.22. The summed E-state index contributed by atoms with van der Waals surface area (Å²) in [6, 6.07) is 7.85. The van der Waals surface area contributed by atoms with Crippen LogP contribution in [0.25, 0.3) is 22.4 Å². The Hall–Kier alpha value is -2.48. The summed E-state index contributed by atoms with van der Waals surface area (Å²) in [5, 5.41) is 19.8. The van der Waals surface area contributed by atoms with Crippen molar-refractivity contribution >= 4 is 11.1 Å². The van der Waals surface area contributed by atoms with Crippen LogP contribution in [0.5, 0.6) is 0 Å². The second-order valence-electron chi connectivity index (χ2n) is 6.72. The van der Waals surface area contributed by atoms with Crippen molar-refractivity contribution in [3.8, 4) is 11.3 Å². The largest absolute Gasteiger partial charge is 0.437 e. The smallest absolute Gasteiger partial charge is 0.353 e. The lowest BCUT2D eigenvalue weighted by Gasteiger charge is -2.13. The first kappa shape index (κ1) is 17.0. The molecule has 2 aromatic heterocycles. The molecule has 1 aromatic carbocycles. The van der Waals surface area contributed by atoms with Crippen LogP contribution in [0.1, 0.15) is 23.8 Å². The van der Waals surface area contributed by atoms with Gasteiger partial charge in [0.05, 0.1) is 18.1 Å². The number of ether oxygens (including phenoxy) is 1. The van der Waals surface area contributed by atoms with Crippen molar-refractivity contribution < 1.29 is 19.4 Å². The van der Waals surface area contributed by atoms with Crippen molar-refractivity contribution in [2.24, 2.45) is 0 Å². The minimum atomic E-state index is -0.817. The molecule has 0 spiro atoms. The molecule has 4 rings (SSSR count). The summed E-state index contributed by atoms with van der Waals surface area (Å²) in [4.78, 5) is 16.3. The van der Waals surface area contributed by atoms with Crippen LogP contribution in [0.15, 0.2) is 39.7 Å². The second kappa shape index (κ2) is 6.35. The average Bonchev–Trinajstić information content (AvgIpc) is 3.19. The van der Waals surface area contributed by atoms with Gasteiger partial charge in [0.25, 0.3) is 0 Å². The van der Waals surface area contributed by atoms with Crippen molar-refractivity contribution in [1.29, 1.82) is 0 Å². The van der Waals surface area contributed by atoms with E-state index in [2.05, 4.69) is 4.98 Å². The van der Waals surface area contributed by atoms with E-state index in [4.69, 9.17) is 9.15 Å². The number of fused-ring (bicyclic) bond motifs is 1. The number of aromatic nitrogens is 2. The van der Waals surface area contributed by atoms with Gasteiger partial charge in [-0.2, -0.15) is 4.98 Å². The van der Waals surface area contributed by atoms with E-state index in [1.165, 1.54) is 10.1 Å². The van der Waals surface area contributed by atoms with E-state index in [-0.39, 0.29) is 18.7 Å². The lowest BCUT2D eigenvalue weighted by molar-refractivity contribution is -0.0457. The number of aliphatic hydroxyl groups is 2. The SMILES string of the molecule is Cc1ccc(-c2cc3cn(C4CC(O)C(CO)O4)c(=O)nc3o2)cc1C. The quantitative estimate of drug-likeness (QED) is 0.744. The van der Waals surface area contributed by atoms with E-state index < -0.39 is 24.1 Å². The van der Waals surface area contributed by atoms with Gasteiger partial charge in [-0.25, -0.2) is 4.79 Å². The monoisotopic (exact) mass is 356 g/mol. The topological polar surface area (TPSA) is 97.7 Å². The molecule has 0 amide bonds. The molecule has 7 nitrogen and oxygen atoms in total. The summed E-state index contributed by atoms with van der Waals surface area (Å²) >= 11 is 0. The Kier molecular flexibility index (Phi) is 4.14. The standard InChI is InChI=1S/C19H20N2O5/c1-10-3-4-12(5-11(10)2)15-6-13-8-21(19(24)20-18(13)26-15)17-7-14(23)16(9-22)25-17/h3-6,8,14,16-17,22-23H,7,9H2,1-2H3. The normalized spacial score (nSPS) is 23.0. The first-order valence-corrected chi connectivity index (χ1v) is 8.51. The number of rotatable bonds is 3. The summed E-state index contributed by atoms with van der Waals surface area (Å²) in [6.45, 7) is 3.77. The molecular formula is C19H20N2O5. The molecule has 0 bridgehead atoms. The molecule has 1 aliphatic heterocycles. The van der Waals surface area contributed by atoms with Gasteiger partial charge in [0.1, 0.15) is 18.1 Å². The maximum atomic E-state index is 12.3. The molecule has 26 heavy (non-hydrogen) atoms. The average molecular weight is 356 g/mol. The third-order valence-electron chi connectivity index (χ3n) is 4.92. The molecule has 0 radical (unpaired) electrons. The van der Waals surface area contributed by atoms with E-state index in [9.17, 15) is 15.0 Å². The highest BCUT2D eigenvalue weighted by molar-refractivity contribution is 5.79. The van der Waals surface area contributed by atoms with Gasteiger partial charge in [-0.1, -0.05) is 12.1 Å². The van der Waals surface area contributed by atoms with Crippen molar-refractivity contribution in [1.82, 2.24) is 9.55 Å². The summed E-state index contributed by atoms with van der Waals surface area (Å²) in [5.41, 5.74) is 3.00. The summed E-state index contributed by atoms with van der Waals surface area (Å²) < 4.78 is 12.6. The van der Waals surface area contributed by atoms with Crippen LogP contribution in [-0.2, 0) is 4.74 Å². The highest BCUT2D eigenvalue weighted by Crippen LogP contribution is 2.30. The third kappa shape index (κ3) is 2.84. The molecule has 1 aliphatic rings. The number of benzene rings is 1. The molecule has 7 heteroatoms. The number of hydrogen-bond donors (Lipinski definition) is 2. The number of hydrogen-bond acceptors (Lipinski definition) is 6. The Labute approximate surface area is 149 Å². The zero-order valence-electron chi connectivity index (χ0n) is 14.5. The van der Waals surface area contributed by atoms with Crippen LogP contribution >= 0.6 is 0 Å². The van der Waals surface area contributed by atoms with E-state index in [1.807, 2.05) is 38.1 Å². The molecule has 136 valence electrons. The minimum Gasteiger partial charge on any atom is -0.437 e. The van der Waals surface area contributed by atoms with E-state index in [1.54, 1.807) is 6.20 Å². The third-order valence-corrected chi connectivity index (χ3v) is 4.92. The molecule has 0 saturated carbocycles. The van der Waals surface area contributed by atoms with Crippen molar-refractivity contribution in [2.45, 2.75) is 38.7 Å². The summed E-state index contributed by atoms with van der Waals surface area (Å²) in [6.07, 6.45) is -0.330. The van der Waals surface area contributed by atoms with Gasteiger partial charge in [0.15, 0.2) is 0 Å². The maximum Gasteiger partial charge on any atom is 0.353 e. The van der Waals surface area contributed by atoms with E-state index in [0.717, 1.165) is 11.1 Å². The molecule has 3 aromatic rings. The maximum absolute atomic E-state index is 12.3. The highest BCUT2D eigenvalue weighted by Gasteiger charge is 2.35. The van der Waals surface area contributed by atoms with Gasteiger partial charge in [0.2, 0.25) is 5.71 Å². The van der Waals surface area contributed by atoms with Gasteiger partial charge in [0, 0.05) is 18.2 Å². The highest BCUT2D eigenvalue weighted by atomic mass is 16.5. The Balaban J connectivity index is 1.73. The Bertz CT molecular complexity index is 1020. The first-order valence-electron chi connectivity index (χ1n) is 8.51. The molecule has 1 fully saturated rings. The zero-order chi connectivity index (χ0) is 18.4. The minimum absolute atomic E-state index is 0.222. The van der Waals surface area contributed by atoms with Crippen molar-refractivity contribution in [2.75, 3.05) is 6.61 Å². The molecule has 1 saturated heterocycles. The summed E-state index contributed by atoms with van der Waals surface area (Å²) in [7, 11) is 0. The number of nitrogens with zero attached hydrogens (tertiary/aromatic N) is 2. The molecule has 3 unspecified atom stereocenters. The number of aryl methyl sites for hydroxylation is 2. The van der Waals surface area contributed by atoms with Crippen LogP contribution < -0.4 is 5.69 Å². The molecule has 2 N–H and O–H groups in total. The van der Waals surface area contributed by atoms with Gasteiger partial charge in [-0.05, 0) is 37.1 Å². The van der Waals surface area contributed by atoms with Crippen molar-refractivity contribution in [3.05, 3.63) is 52.1 Å². The van der Waals surface area contributed by atoms with E-state index >= 15 is 0 Å². The van der Waals surface area contributed by atoms with Gasteiger partial charge < -0.3 is 19.4 Å². The Morgan fingerprint density at radius 1 is 1.27 bits per heavy atom. The lowest BCUT2D eigenvalue weighted by Crippen LogP contribution is -2.27. The van der Waals surface area contributed by atoms with Crippen molar-refractivity contribution in [3.63, 3.8) is 0 Å². The molecular weight excluding hydrogens is 336 g/mol. The Morgan fingerprint density at radius 2 is 2.08 bits per heavy atom. The van der Waals surface area contributed by atoms with Crippen LogP contribution in [-0.4, -0.2) is 38.6 Å². The first-order chi connectivity index (χ1) is 12.5. The Morgan fingerprint density at radius 3 is 2.77 bits per heavy atom. The van der Waals surface area contributed by atoms with Gasteiger partial charge in [-0.3, -0.25) is 4.57 Å². The molecule has 3 heterocycles. The lowest BCUT2D eigenvalue weighted by atomic mass is 10.0. The van der Waals surface area contributed by atoms with Crippen LogP contribution in [0.2, 0.25) is 0 Å². The zero-order valence-corrected chi connectivity index (χ0v) is 14.5. The molecule has 0 aliphatic carbocycles. The predicted octanol–water partition coefficient (Wildman–Crippen LogP) is 1.91. The van der Waals surface area contributed by atoms with E-state index in [0.29, 0.717) is 11.1 Å². The fourth-order valence-corrected chi connectivity index (χ4v) is 3.22. The second-order valence-corrected chi connectivity index (χ2v) is 6.72. The fraction of sp³-hybridized carbons (Fsp3) is 0.368. The number of furan rings is 1. The predicted molar refractivity (Wildman–Crippen MR) is 94.8 cm³/mol.